The summed E-state index contributed by atoms with van der Waals surface area (Å²) < 4.78 is 0. The Labute approximate surface area is 130 Å². The number of rotatable bonds is 8. The van der Waals surface area contributed by atoms with Crippen LogP contribution < -0.4 is 4.90 Å². The molecule has 0 aliphatic heterocycles. The van der Waals surface area contributed by atoms with Crippen molar-refractivity contribution in [1.29, 1.82) is 5.26 Å². The van der Waals surface area contributed by atoms with Gasteiger partial charge in [-0.05, 0) is 50.1 Å². The number of benzene rings is 1. The molecule has 0 aliphatic rings. The van der Waals surface area contributed by atoms with E-state index in [1.165, 1.54) is 0 Å². The molecule has 0 saturated heterocycles. The quantitative estimate of drug-likeness (QED) is 0.587. The molecule has 1 aromatic carbocycles. The van der Waals surface area contributed by atoms with Crippen LogP contribution in [-0.4, -0.2) is 49.7 Å². The van der Waals surface area contributed by atoms with Crippen LogP contribution in [0.25, 0.3) is 0 Å². The van der Waals surface area contributed by atoms with Gasteiger partial charge in [0.2, 0.25) is 0 Å². The van der Waals surface area contributed by atoms with Crippen molar-refractivity contribution in [2.24, 2.45) is 5.92 Å². The Bertz CT molecular complexity index is 497. The van der Waals surface area contributed by atoms with Crippen molar-refractivity contribution in [3.8, 4) is 5.40 Å². The van der Waals surface area contributed by atoms with E-state index in [0.717, 1.165) is 35.4 Å². The summed E-state index contributed by atoms with van der Waals surface area (Å²) in [6.45, 7) is 3.79. The Hall–Kier alpha value is -1.71. The number of hydrogen-bond donors (Lipinski definition) is 1. The van der Waals surface area contributed by atoms with Crippen molar-refractivity contribution in [3.63, 3.8) is 0 Å². The zero-order chi connectivity index (χ0) is 15.8. The fourth-order valence-electron chi connectivity index (χ4n) is 1.83. The van der Waals surface area contributed by atoms with Crippen LogP contribution >= 0.6 is 11.8 Å². The SMILES string of the molecule is CC(CN(CCN(C)C)c1ccc(SC#N)cc1)C(=O)O. The molecule has 6 heteroatoms. The van der Waals surface area contributed by atoms with Crippen LogP contribution in [0.4, 0.5) is 5.69 Å². The molecule has 21 heavy (non-hydrogen) atoms. The Balaban J connectivity index is 2.83. The number of carboxylic acid groups (broad SMARTS) is 1. The van der Waals surface area contributed by atoms with Gasteiger partial charge in [-0.3, -0.25) is 4.79 Å². The van der Waals surface area contributed by atoms with Crippen LogP contribution in [0.5, 0.6) is 0 Å². The van der Waals surface area contributed by atoms with Crippen LogP contribution in [0.3, 0.4) is 0 Å². The van der Waals surface area contributed by atoms with E-state index in [1.807, 2.05) is 43.8 Å². The number of nitriles is 1. The third-order valence-electron chi connectivity index (χ3n) is 3.10. The van der Waals surface area contributed by atoms with Crippen molar-refractivity contribution in [2.45, 2.75) is 11.8 Å². The number of carboxylic acids is 1. The molecular weight excluding hydrogens is 286 g/mol. The van der Waals surface area contributed by atoms with Crippen molar-refractivity contribution in [2.75, 3.05) is 38.6 Å². The molecule has 1 unspecified atom stereocenters. The lowest BCUT2D eigenvalue weighted by molar-refractivity contribution is -0.140. The smallest absolute Gasteiger partial charge is 0.308 e. The first-order valence-electron chi connectivity index (χ1n) is 6.72. The Kier molecular flexibility index (Phi) is 7.06. The molecule has 1 N–H and O–H groups in total. The molecule has 1 aromatic rings. The molecule has 5 nitrogen and oxygen atoms in total. The largest absolute Gasteiger partial charge is 0.481 e. The second-order valence-corrected chi connectivity index (χ2v) is 6.03. The number of aliphatic carboxylic acids is 1. The van der Waals surface area contributed by atoms with E-state index >= 15 is 0 Å². The van der Waals surface area contributed by atoms with Gasteiger partial charge in [0.1, 0.15) is 5.40 Å². The van der Waals surface area contributed by atoms with E-state index < -0.39 is 11.9 Å². The lowest BCUT2D eigenvalue weighted by Gasteiger charge is -2.28. The number of anilines is 1. The summed E-state index contributed by atoms with van der Waals surface area (Å²) in [4.78, 5) is 16.1. The van der Waals surface area contributed by atoms with Gasteiger partial charge in [0.15, 0.2) is 0 Å². The monoisotopic (exact) mass is 307 g/mol. The second-order valence-electron chi connectivity index (χ2n) is 5.18. The summed E-state index contributed by atoms with van der Waals surface area (Å²) in [5, 5.41) is 19.8. The minimum absolute atomic E-state index is 0.430. The van der Waals surface area contributed by atoms with Crippen LogP contribution in [-0.2, 0) is 4.79 Å². The number of carbonyl (C=O) groups is 1. The van der Waals surface area contributed by atoms with Gasteiger partial charge in [0.05, 0.1) is 5.92 Å². The molecule has 114 valence electrons. The summed E-state index contributed by atoms with van der Waals surface area (Å²) in [5.41, 5.74) is 0.979. The molecule has 0 amide bonds. The zero-order valence-corrected chi connectivity index (χ0v) is 13.4. The average molecular weight is 307 g/mol. The van der Waals surface area contributed by atoms with Gasteiger partial charge in [-0.2, -0.15) is 5.26 Å². The fraction of sp³-hybridized carbons (Fsp3) is 0.467. The maximum absolute atomic E-state index is 11.1. The van der Waals surface area contributed by atoms with Crippen LogP contribution in [0, 0.1) is 16.6 Å². The summed E-state index contributed by atoms with van der Waals surface area (Å²) in [5.74, 6) is -1.22. The Morgan fingerprint density at radius 2 is 1.95 bits per heavy atom. The average Bonchev–Trinajstić information content (AvgIpc) is 2.44. The molecule has 0 aromatic heterocycles. The third kappa shape index (κ3) is 6.06. The Morgan fingerprint density at radius 3 is 2.43 bits per heavy atom. The van der Waals surface area contributed by atoms with Gasteiger partial charge in [-0.1, -0.05) is 6.92 Å². The molecular formula is C15H21N3O2S. The predicted molar refractivity (Wildman–Crippen MR) is 85.5 cm³/mol. The van der Waals surface area contributed by atoms with Crippen LogP contribution in [0.1, 0.15) is 6.92 Å². The zero-order valence-electron chi connectivity index (χ0n) is 12.6. The van der Waals surface area contributed by atoms with Gasteiger partial charge >= 0.3 is 5.97 Å². The highest BCUT2D eigenvalue weighted by Crippen LogP contribution is 2.22. The van der Waals surface area contributed by atoms with Gasteiger partial charge in [-0.25, -0.2) is 0 Å². The first-order valence-corrected chi connectivity index (χ1v) is 7.54. The number of thiocyanates is 1. The normalized spacial score (nSPS) is 12.0. The lowest BCUT2D eigenvalue weighted by Crippen LogP contribution is -2.36. The number of thioether (sulfide) groups is 1. The van der Waals surface area contributed by atoms with E-state index in [2.05, 4.69) is 9.80 Å². The summed E-state index contributed by atoms with van der Waals surface area (Å²) in [7, 11) is 3.98. The standard InChI is InChI=1S/C15H21N3O2S/c1-12(15(19)20)10-18(9-8-17(2)3)13-4-6-14(7-5-13)21-11-16/h4-7,12H,8-10H2,1-3H3,(H,19,20). The highest BCUT2D eigenvalue weighted by molar-refractivity contribution is 8.03. The second kappa shape index (κ2) is 8.55. The van der Waals surface area contributed by atoms with Crippen LogP contribution in [0.2, 0.25) is 0 Å². The number of likely N-dealkylation sites (N-methyl/N-ethyl adjacent to an activating group) is 1. The van der Waals surface area contributed by atoms with E-state index in [0.29, 0.717) is 6.54 Å². The minimum atomic E-state index is -0.790. The topological polar surface area (TPSA) is 67.6 Å². The first kappa shape index (κ1) is 17.3. The fourth-order valence-corrected chi connectivity index (χ4v) is 2.21. The molecule has 1 atom stereocenters. The summed E-state index contributed by atoms with van der Waals surface area (Å²) in [6.07, 6.45) is 0. The van der Waals surface area contributed by atoms with Gasteiger partial charge in [0, 0.05) is 30.2 Å². The molecule has 0 spiro atoms. The number of nitrogens with zero attached hydrogens (tertiary/aromatic N) is 3. The molecule has 0 aliphatic carbocycles. The van der Waals surface area contributed by atoms with Crippen molar-refractivity contribution in [1.82, 2.24) is 4.90 Å². The molecule has 0 heterocycles. The van der Waals surface area contributed by atoms with E-state index in [4.69, 9.17) is 10.4 Å². The van der Waals surface area contributed by atoms with E-state index in [9.17, 15) is 4.79 Å². The van der Waals surface area contributed by atoms with Crippen molar-refractivity contribution < 1.29 is 9.90 Å². The maximum atomic E-state index is 11.1. The van der Waals surface area contributed by atoms with Gasteiger partial charge < -0.3 is 14.9 Å². The Morgan fingerprint density at radius 1 is 1.33 bits per heavy atom. The van der Waals surface area contributed by atoms with Crippen molar-refractivity contribution in [3.05, 3.63) is 24.3 Å². The molecule has 0 saturated carbocycles. The minimum Gasteiger partial charge on any atom is -0.481 e. The number of hydrogen-bond acceptors (Lipinski definition) is 5. The maximum Gasteiger partial charge on any atom is 0.308 e. The lowest BCUT2D eigenvalue weighted by atomic mass is 10.1. The van der Waals surface area contributed by atoms with Crippen LogP contribution in [0.15, 0.2) is 29.2 Å². The van der Waals surface area contributed by atoms with Gasteiger partial charge in [-0.15, -0.1) is 0 Å². The predicted octanol–water partition coefficient (Wildman–Crippen LogP) is 2.35. The van der Waals surface area contributed by atoms with Crippen molar-refractivity contribution >= 4 is 23.4 Å². The molecule has 0 fully saturated rings. The first-order chi connectivity index (χ1) is 9.93. The third-order valence-corrected chi connectivity index (χ3v) is 3.70. The van der Waals surface area contributed by atoms with Gasteiger partial charge in [0.25, 0.3) is 0 Å². The highest BCUT2D eigenvalue weighted by atomic mass is 32.2. The molecule has 0 bridgehead atoms. The summed E-state index contributed by atoms with van der Waals surface area (Å²) >= 11 is 1.12. The molecule has 0 radical (unpaired) electrons. The molecule has 1 rings (SSSR count). The summed E-state index contributed by atoms with van der Waals surface area (Å²) in [6, 6.07) is 7.64. The van der Waals surface area contributed by atoms with E-state index in [-0.39, 0.29) is 0 Å². The highest BCUT2D eigenvalue weighted by Gasteiger charge is 2.16. The van der Waals surface area contributed by atoms with E-state index in [1.54, 1.807) is 6.92 Å².